The Kier molecular flexibility index (Phi) is 10.1. The first-order chi connectivity index (χ1) is 21.7. The van der Waals surface area contributed by atoms with Crippen molar-refractivity contribution in [1.29, 1.82) is 0 Å². The lowest BCUT2D eigenvalue weighted by Gasteiger charge is -2.37. The van der Waals surface area contributed by atoms with Gasteiger partial charge in [-0.15, -0.1) is 0 Å². The average Bonchev–Trinajstić information content (AvgIpc) is 3.09. The molecule has 0 amide bonds. The number of rotatable bonds is 11. The summed E-state index contributed by atoms with van der Waals surface area (Å²) in [7, 11) is 0. The molecule has 0 aliphatic carbocycles. The summed E-state index contributed by atoms with van der Waals surface area (Å²) in [4.78, 5) is 21.0. The molecule has 0 bridgehead atoms. The van der Waals surface area contributed by atoms with Crippen LogP contribution >= 0.6 is 11.8 Å². The predicted octanol–water partition coefficient (Wildman–Crippen LogP) is 5.13. The number of aryl methyl sites for hydroxylation is 1. The molecular weight excluding hydrogens is 570 g/mol. The SMILES string of the molecule is CSCCc1ccc(Nc2nc(N/N=C/c3cccc(N4CCN(c5ccccc5)CC4)c3)nc(N3CCOCC3)n2)cc1. The molecule has 0 radical (unpaired) electrons. The van der Waals surface area contributed by atoms with Gasteiger partial charge in [-0.25, -0.2) is 5.43 Å². The molecule has 10 nitrogen and oxygen atoms in total. The summed E-state index contributed by atoms with van der Waals surface area (Å²) in [5.74, 6) is 2.55. The number of anilines is 6. The highest BCUT2D eigenvalue weighted by Gasteiger charge is 2.18. The molecule has 6 rings (SSSR count). The molecule has 2 saturated heterocycles. The number of benzene rings is 3. The highest BCUT2D eigenvalue weighted by Crippen LogP contribution is 2.22. The van der Waals surface area contributed by atoms with Crippen molar-refractivity contribution in [2.24, 2.45) is 5.10 Å². The van der Waals surface area contributed by atoms with Crippen LogP contribution in [0.25, 0.3) is 0 Å². The van der Waals surface area contributed by atoms with Gasteiger partial charge in [-0.2, -0.15) is 31.8 Å². The molecular formula is C33H39N9OS. The molecule has 2 fully saturated rings. The Bertz CT molecular complexity index is 1510. The van der Waals surface area contributed by atoms with Crippen molar-refractivity contribution >= 4 is 52.9 Å². The topological polar surface area (TPSA) is 94.0 Å². The molecule has 0 unspecified atom stereocenters. The summed E-state index contributed by atoms with van der Waals surface area (Å²) in [5, 5.41) is 7.84. The van der Waals surface area contributed by atoms with E-state index in [2.05, 4.69) is 126 Å². The minimum absolute atomic E-state index is 0.380. The minimum Gasteiger partial charge on any atom is -0.378 e. The third kappa shape index (κ3) is 7.97. The van der Waals surface area contributed by atoms with Crippen molar-refractivity contribution in [3.63, 3.8) is 0 Å². The lowest BCUT2D eigenvalue weighted by Crippen LogP contribution is -2.46. The Morgan fingerprint density at radius 1 is 0.773 bits per heavy atom. The number of piperazine rings is 1. The van der Waals surface area contributed by atoms with Crippen LogP contribution in [0.15, 0.2) is 84.0 Å². The smallest absolute Gasteiger partial charge is 0.250 e. The molecule has 2 N–H and O–H groups in total. The first kappa shape index (κ1) is 29.7. The highest BCUT2D eigenvalue weighted by molar-refractivity contribution is 7.98. The van der Waals surface area contributed by atoms with Gasteiger partial charge in [-0.1, -0.05) is 42.5 Å². The van der Waals surface area contributed by atoms with Crippen LogP contribution in [0.1, 0.15) is 11.1 Å². The maximum absolute atomic E-state index is 5.53. The van der Waals surface area contributed by atoms with Crippen LogP contribution in [-0.2, 0) is 11.2 Å². The van der Waals surface area contributed by atoms with Gasteiger partial charge in [0.2, 0.25) is 17.8 Å². The lowest BCUT2D eigenvalue weighted by atomic mass is 10.1. The number of hydrogen-bond donors (Lipinski definition) is 2. The van der Waals surface area contributed by atoms with Crippen LogP contribution in [0, 0.1) is 0 Å². The van der Waals surface area contributed by atoms with E-state index < -0.39 is 0 Å². The van der Waals surface area contributed by atoms with Gasteiger partial charge in [-0.05, 0) is 66.0 Å². The molecule has 2 aliphatic rings. The fourth-order valence-corrected chi connectivity index (χ4v) is 5.75. The van der Waals surface area contributed by atoms with Crippen LogP contribution in [-0.4, -0.2) is 85.7 Å². The van der Waals surface area contributed by atoms with Gasteiger partial charge in [0.15, 0.2) is 0 Å². The standard InChI is InChI=1S/C33H39N9OS/c1-44-23-14-26-10-12-28(13-11-26)35-31-36-32(38-33(37-31)42-19-21-43-22-20-42)39-34-25-27-6-5-9-30(24-27)41-17-15-40(16-18-41)29-7-3-2-4-8-29/h2-13,24-25H,14-23H2,1H3,(H2,35,36,37,38,39)/b34-25+. The summed E-state index contributed by atoms with van der Waals surface area (Å²) >= 11 is 1.85. The van der Waals surface area contributed by atoms with Gasteiger partial charge in [0, 0.05) is 56.3 Å². The zero-order valence-electron chi connectivity index (χ0n) is 25.1. The Balaban J connectivity index is 1.12. The van der Waals surface area contributed by atoms with Crippen LogP contribution in [0.3, 0.4) is 0 Å². The van der Waals surface area contributed by atoms with Gasteiger partial charge in [0.1, 0.15) is 0 Å². The third-order valence-electron chi connectivity index (χ3n) is 7.74. The number of nitrogens with one attached hydrogen (secondary N) is 2. The van der Waals surface area contributed by atoms with Crippen molar-refractivity contribution in [1.82, 2.24) is 15.0 Å². The van der Waals surface area contributed by atoms with E-state index >= 15 is 0 Å². The molecule has 3 aromatic carbocycles. The zero-order chi connectivity index (χ0) is 30.0. The second-order valence-electron chi connectivity index (χ2n) is 10.7. The monoisotopic (exact) mass is 609 g/mol. The number of aromatic nitrogens is 3. The zero-order valence-corrected chi connectivity index (χ0v) is 25.9. The second kappa shape index (κ2) is 14.9. The molecule has 11 heteroatoms. The quantitative estimate of drug-likeness (QED) is 0.176. The molecule has 0 atom stereocenters. The van der Waals surface area contributed by atoms with Gasteiger partial charge in [0.05, 0.1) is 19.4 Å². The largest absolute Gasteiger partial charge is 0.378 e. The van der Waals surface area contributed by atoms with E-state index in [-0.39, 0.29) is 0 Å². The van der Waals surface area contributed by atoms with Gasteiger partial charge in [0.25, 0.3) is 0 Å². The second-order valence-corrected chi connectivity index (χ2v) is 11.7. The molecule has 228 valence electrons. The Hall–Kier alpha value is -4.35. The Morgan fingerprint density at radius 3 is 2.23 bits per heavy atom. The maximum atomic E-state index is 5.53. The molecule has 2 aliphatic heterocycles. The van der Waals surface area contributed by atoms with E-state index in [0.717, 1.165) is 62.7 Å². The van der Waals surface area contributed by atoms with Crippen molar-refractivity contribution in [2.45, 2.75) is 6.42 Å². The normalized spacial score (nSPS) is 15.5. The number of hydrazone groups is 1. The Morgan fingerprint density at radius 2 is 1.48 bits per heavy atom. The van der Waals surface area contributed by atoms with E-state index in [1.165, 1.54) is 16.9 Å². The van der Waals surface area contributed by atoms with Crippen LogP contribution in [0.2, 0.25) is 0 Å². The number of hydrogen-bond acceptors (Lipinski definition) is 11. The lowest BCUT2D eigenvalue weighted by molar-refractivity contribution is 0.122. The van der Waals surface area contributed by atoms with E-state index in [0.29, 0.717) is 31.1 Å². The summed E-state index contributed by atoms with van der Waals surface area (Å²) < 4.78 is 5.53. The van der Waals surface area contributed by atoms with E-state index in [4.69, 9.17) is 9.72 Å². The fraction of sp³-hybridized carbons (Fsp3) is 0.333. The molecule has 44 heavy (non-hydrogen) atoms. The number of para-hydroxylation sites is 1. The van der Waals surface area contributed by atoms with E-state index in [9.17, 15) is 0 Å². The third-order valence-corrected chi connectivity index (χ3v) is 8.35. The highest BCUT2D eigenvalue weighted by atomic mass is 32.2. The summed E-state index contributed by atoms with van der Waals surface area (Å²) in [6, 6.07) is 27.5. The first-order valence-corrected chi connectivity index (χ1v) is 16.5. The van der Waals surface area contributed by atoms with Gasteiger partial charge in [-0.3, -0.25) is 0 Å². The summed E-state index contributed by atoms with van der Waals surface area (Å²) in [5.41, 5.74) is 8.76. The maximum Gasteiger partial charge on any atom is 0.250 e. The van der Waals surface area contributed by atoms with Gasteiger partial charge >= 0.3 is 0 Å². The van der Waals surface area contributed by atoms with Crippen molar-refractivity contribution in [2.75, 3.05) is 89.9 Å². The predicted molar refractivity (Wildman–Crippen MR) is 183 cm³/mol. The van der Waals surface area contributed by atoms with Gasteiger partial charge < -0.3 is 24.8 Å². The van der Waals surface area contributed by atoms with E-state index in [1.807, 2.05) is 18.0 Å². The number of thioether (sulfide) groups is 1. The molecule has 0 spiro atoms. The number of ether oxygens (including phenoxy) is 1. The minimum atomic E-state index is 0.380. The van der Waals surface area contributed by atoms with Crippen LogP contribution < -0.4 is 25.4 Å². The Labute approximate surface area is 263 Å². The number of morpholine rings is 1. The van der Waals surface area contributed by atoms with Crippen molar-refractivity contribution < 1.29 is 4.74 Å². The van der Waals surface area contributed by atoms with Crippen LogP contribution in [0.4, 0.5) is 34.9 Å². The van der Waals surface area contributed by atoms with Crippen molar-refractivity contribution in [3.05, 3.63) is 90.0 Å². The van der Waals surface area contributed by atoms with Crippen molar-refractivity contribution in [3.8, 4) is 0 Å². The summed E-state index contributed by atoms with van der Waals surface area (Å²) in [6.07, 6.45) is 4.99. The number of nitrogens with zero attached hydrogens (tertiary/aromatic N) is 7. The molecule has 1 aromatic heterocycles. The molecule has 3 heterocycles. The summed E-state index contributed by atoms with van der Waals surface area (Å²) in [6.45, 7) is 6.67. The fourth-order valence-electron chi connectivity index (χ4n) is 5.31. The van der Waals surface area contributed by atoms with E-state index in [1.54, 1.807) is 0 Å². The van der Waals surface area contributed by atoms with Crippen LogP contribution in [0.5, 0.6) is 0 Å². The average molecular weight is 610 g/mol. The first-order valence-electron chi connectivity index (χ1n) is 15.1. The molecule has 4 aromatic rings. The molecule has 0 saturated carbocycles.